The van der Waals surface area contributed by atoms with Crippen molar-refractivity contribution < 1.29 is 19.0 Å². The molecule has 1 aliphatic carbocycles. The van der Waals surface area contributed by atoms with Gasteiger partial charge in [-0.1, -0.05) is 26.0 Å². The largest absolute Gasteiger partial charge is 0.491 e. The number of nitrogens with zero attached hydrogens (tertiary/aromatic N) is 2. The van der Waals surface area contributed by atoms with Crippen molar-refractivity contribution in [1.82, 2.24) is 9.80 Å². The number of fused-ring (bicyclic) bond motifs is 4. The van der Waals surface area contributed by atoms with E-state index in [0.29, 0.717) is 11.5 Å². The zero-order valence-corrected chi connectivity index (χ0v) is 20.6. The van der Waals surface area contributed by atoms with Gasteiger partial charge in [-0.25, -0.2) is 9.18 Å². The summed E-state index contributed by atoms with van der Waals surface area (Å²) in [6.07, 6.45) is 1.99. The van der Waals surface area contributed by atoms with Gasteiger partial charge < -0.3 is 14.7 Å². The molecule has 3 saturated heterocycles. The van der Waals surface area contributed by atoms with E-state index in [-0.39, 0.29) is 29.4 Å². The van der Waals surface area contributed by atoms with Gasteiger partial charge in [-0.05, 0) is 98.5 Å². The summed E-state index contributed by atoms with van der Waals surface area (Å²) in [6.45, 7) is 11.1. The normalized spacial score (nSPS) is 27.0. The van der Waals surface area contributed by atoms with E-state index >= 15 is 4.39 Å². The molecule has 2 atom stereocenters. The maximum atomic E-state index is 15.5. The van der Waals surface area contributed by atoms with Crippen LogP contribution in [0, 0.1) is 17.2 Å². The first-order chi connectivity index (χ1) is 16.1. The SMILES string of the molecule is CC(C)Oc1ccc(-c2cc3c(cc2F)[C@H](N(C(=O)O)[C@@H]2CN4CCC2CC4)C(C)(C)C3)cc1. The van der Waals surface area contributed by atoms with Crippen LogP contribution >= 0.6 is 0 Å². The minimum atomic E-state index is -0.894. The minimum Gasteiger partial charge on any atom is -0.491 e. The number of carboxylic acid groups (broad SMARTS) is 1. The van der Waals surface area contributed by atoms with Crippen LogP contribution in [0.3, 0.4) is 0 Å². The summed E-state index contributed by atoms with van der Waals surface area (Å²) in [7, 11) is 0. The van der Waals surface area contributed by atoms with Crippen LogP contribution < -0.4 is 4.74 Å². The van der Waals surface area contributed by atoms with E-state index in [1.165, 1.54) is 0 Å². The number of amides is 1. The molecule has 3 heterocycles. The van der Waals surface area contributed by atoms with E-state index in [1.807, 2.05) is 44.2 Å². The monoisotopic (exact) mass is 466 g/mol. The lowest BCUT2D eigenvalue weighted by atomic mass is 9.79. The molecule has 0 saturated carbocycles. The highest BCUT2D eigenvalue weighted by atomic mass is 19.1. The summed E-state index contributed by atoms with van der Waals surface area (Å²) in [6, 6.07) is 10.7. The number of benzene rings is 2. The van der Waals surface area contributed by atoms with Crippen molar-refractivity contribution in [1.29, 1.82) is 0 Å². The smallest absolute Gasteiger partial charge is 0.408 e. The Kier molecular flexibility index (Phi) is 5.83. The van der Waals surface area contributed by atoms with Gasteiger partial charge in [-0.3, -0.25) is 4.90 Å². The first-order valence-corrected chi connectivity index (χ1v) is 12.5. The van der Waals surface area contributed by atoms with Gasteiger partial charge in [0.15, 0.2) is 0 Å². The highest BCUT2D eigenvalue weighted by Gasteiger charge is 2.50. The maximum absolute atomic E-state index is 15.5. The van der Waals surface area contributed by atoms with Gasteiger partial charge in [-0.2, -0.15) is 0 Å². The Hall–Kier alpha value is -2.60. The summed E-state index contributed by atoms with van der Waals surface area (Å²) < 4.78 is 21.2. The Balaban J connectivity index is 1.50. The molecule has 182 valence electrons. The van der Waals surface area contributed by atoms with Crippen LogP contribution in [0.2, 0.25) is 0 Å². The Bertz CT molecular complexity index is 1070. The third-order valence-corrected chi connectivity index (χ3v) is 7.92. The molecular weight excluding hydrogens is 431 g/mol. The average molecular weight is 467 g/mol. The summed E-state index contributed by atoms with van der Waals surface area (Å²) in [5.41, 5.74) is 2.90. The second kappa shape index (κ2) is 8.56. The van der Waals surface area contributed by atoms with Crippen LogP contribution in [0.1, 0.15) is 57.7 Å². The predicted molar refractivity (Wildman–Crippen MR) is 131 cm³/mol. The van der Waals surface area contributed by atoms with Crippen LogP contribution in [-0.2, 0) is 6.42 Å². The molecule has 0 aromatic heterocycles. The van der Waals surface area contributed by atoms with E-state index in [9.17, 15) is 9.90 Å². The number of piperidine rings is 3. The molecule has 4 aliphatic rings. The van der Waals surface area contributed by atoms with Crippen molar-refractivity contribution in [3.8, 4) is 16.9 Å². The van der Waals surface area contributed by atoms with Crippen LogP contribution in [0.5, 0.6) is 5.75 Å². The van der Waals surface area contributed by atoms with Gasteiger partial charge in [0.25, 0.3) is 0 Å². The lowest BCUT2D eigenvalue weighted by molar-refractivity contribution is -0.0267. The van der Waals surface area contributed by atoms with Gasteiger partial charge in [0, 0.05) is 12.1 Å². The number of carbonyl (C=O) groups is 1. The van der Waals surface area contributed by atoms with Gasteiger partial charge in [-0.15, -0.1) is 0 Å². The predicted octanol–water partition coefficient (Wildman–Crippen LogP) is 5.98. The second-order valence-corrected chi connectivity index (χ2v) is 11.2. The lowest BCUT2D eigenvalue weighted by Gasteiger charge is -2.51. The Morgan fingerprint density at radius 3 is 2.41 bits per heavy atom. The van der Waals surface area contributed by atoms with Crippen molar-refractivity contribution in [3.05, 3.63) is 53.3 Å². The standard InChI is InChI=1S/C28H35FN2O3/c1-17(2)34-21-7-5-18(6-8-21)22-13-20-15-28(3,4)26(23(20)14-24(22)29)31(27(32)33)25-16-30-11-9-19(25)10-12-30/h5-8,13-14,17,19,25-26H,9-12,15-16H2,1-4H3,(H,32,33)/t25-,26+/m1/s1. The minimum absolute atomic E-state index is 0.0357. The third kappa shape index (κ3) is 4.06. The fourth-order valence-corrected chi connectivity index (χ4v) is 6.48. The van der Waals surface area contributed by atoms with Crippen molar-refractivity contribution in [2.24, 2.45) is 11.3 Å². The molecule has 2 bridgehead atoms. The van der Waals surface area contributed by atoms with Crippen molar-refractivity contribution >= 4 is 6.09 Å². The maximum Gasteiger partial charge on any atom is 0.408 e. The van der Waals surface area contributed by atoms with Crippen LogP contribution in [0.15, 0.2) is 36.4 Å². The quantitative estimate of drug-likeness (QED) is 0.589. The summed E-state index contributed by atoms with van der Waals surface area (Å²) in [5, 5.41) is 10.4. The number of hydrogen-bond acceptors (Lipinski definition) is 3. The Morgan fingerprint density at radius 2 is 1.85 bits per heavy atom. The molecular formula is C28H35FN2O3. The fraction of sp³-hybridized carbons (Fsp3) is 0.536. The van der Waals surface area contributed by atoms with Crippen molar-refractivity contribution in [2.75, 3.05) is 19.6 Å². The molecule has 6 heteroatoms. The summed E-state index contributed by atoms with van der Waals surface area (Å²) in [5.74, 6) is 0.839. The number of halogens is 1. The van der Waals surface area contributed by atoms with Gasteiger partial charge in [0.05, 0.1) is 18.2 Å². The van der Waals surface area contributed by atoms with Gasteiger partial charge in [0.1, 0.15) is 11.6 Å². The molecule has 34 heavy (non-hydrogen) atoms. The summed E-state index contributed by atoms with van der Waals surface area (Å²) in [4.78, 5) is 16.7. The zero-order valence-electron chi connectivity index (χ0n) is 20.6. The van der Waals surface area contributed by atoms with E-state index in [0.717, 1.165) is 61.3 Å². The fourth-order valence-electron chi connectivity index (χ4n) is 6.48. The van der Waals surface area contributed by atoms with Crippen LogP contribution in [0.4, 0.5) is 9.18 Å². The average Bonchev–Trinajstić information content (AvgIpc) is 3.03. The number of rotatable bonds is 5. The molecule has 0 spiro atoms. The first-order valence-electron chi connectivity index (χ1n) is 12.5. The molecule has 3 aliphatic heterocycles. The van der Waals surface area contributed by atoms with Crippen LogP contribution in [-0.4, -0.2) is 52.8 Å². The highest BCUT2D eigenvalue weighted by molar-refractivity contribution is 5.70. The molecule has 2 aromatic carbocycles. The molecule has 1 amide bonds. The Labute approximate surface area is 201 Å². The molecule has 0 unspecified atom stereocenters. The van der Waals surface area contributed by atoms with Gasteiger partial charge >= 0.3 is 6.09 Å². The summed E-state index contributed by atoms with van der Waals surface area (Å²) >= 11 is 0. The van der Waals surface area contributed by atoms with Crippen molar-refractivity contribution in [3.63, 3.8) is 0 Å². The van der Waals surface area contributed by atoms with Crippen LogP contribution in [0.25, 0.3) is 11.1 Å². The zero-order chi connectivity index (χ0) is 24.2. The molecule has 3 fully saturated rings. The third-order valence-electron chi connectivity index (χ3n) is 7.92. The Morgan fingerprint density at radius 1 is 1.18 bits per heavy atom. The second-order valence-electron chi connectivity index (χ2n) is 11.2. The lowest BCUT2D eigenvalue weighted by Crippen LogP contribution is -2.60. The van der Waals surface area contributed by atoms with E-state index in [1.54, 1.807) is 11.0 Å². The molecule has 1 N–H and O–H groups in total. The topological polar surface area (TPSA) is 53.0 Å². The van der Waals surface area contributed by atoms with E-state index < -0.39 is 6.09 Å². The van der Waals surface area contributed by atoms with E-state index in [4.69, 9.17) is 4.74 Å². The highest BCUT2D eigenvalue weighted by Crippen LogP contribution is 2.52. The first kappa shape index (κ1) is 23.2. The number of hydrogen-bond donors (Lipinski definition) is 1. The number of ether oxygens (including phenoxy) is 1. The molecule has 5 nitrogen and oxygen atoms in total. The molecule has 0 radical (unpaired) electrons. The van der Waals surface area contributed by atoms with Crippen molar-refractivity contribution in [2.45, 2.75) is 65.1 Å². The molecule has 2 aromatic rings. The molecule has 6 rings (SSSR count). The van der Waals surface area contributed by atoms with E-state index in [2.05, 4.69) is 18.7 Å². The van der Waals surface area contributed by atoms with Gasteiger partial charge in [0.2, 0.25) is 0 Å².